The molecule has 0 saturated carbocycles. The lowest BCUT2D eigenvalue weighted by Crippen LogP contribution is -1.85. The van der Waals surface area contributed by atoms with Crippen LogP contribution in [0.3, 0.4) is 0 Å². The molecule has 1 heteroatoms. The Morgan fingerprint density at radius 1 is 1.14 bits per heavy atom. The van der Waals surface area contributed by atoms with E-state index in [1.165, 1.54) is 25.7 Å². The van der Waals surface area contributed by atoms with Gasteiger partial charge in [0.2, 0.25) is 0 Å². The number of rotatable bonds is 3. The maximum Gasteiger partial charge on any atom is 0.0121 e. The van der Waals surface area contributed by atoms with Gasteiger partial charge in [0.05, 0.1) is 0 Å². The normalized spacial score (nSPS) is 15.1. The molecule has 0 nitrogen and oxygen atoms in total. The van der Waals surface area contributed by atoms with Gasteiger partial charge in [-0.3, -0.25) is 0 Å². The Labute approximate surface area is 90.7 Å². The maximum absolute atomic E-state index is 2.37. The van der Waals surface area contributed by atoms with Crippen molar-refractivity contribution in [3.8, 4) is 0 Å². The molecule has 0 bridgehead atoms. The number of thiophene rings is 1. The van der Waals surface area contributed by atoms with Crippen molar-refractivity contribution in [2.45, 2.75) is 46.5 Å². The minimum Gasteiger partial charge on any atom is -0.148 e. The second-order valence-corrected chi connectivity index (χ2v) is 4.84. The Morgan fingerprint density at radius 2 is 1.93 bits per heavy atom. The highest BCUT2D eigenvalue weighted by molar-refractivity contribution is 7.10. The van der Waals surface area contributed by atoms with E-state index in [1.54, 1.807) is 27.2 Å². The number of aryl methyl sites for hydroxylation is 1. The molecular formula is C13H18S. The summed E-state index contributed by atoms with van der Waals surface area (Å²) >= 11 is 1.95. The van der Waals surface area contributed by atoms with Crippen LogP contribution >= 0.6 is 11.3 Å². The third kappa shape index (κ3) is 1.35. The molecule has 0 unspecified atom stereocenters. The van der Waals surface area contributed by atoms with Gasteiger partial charge in [-0.05, 0) is 47.8 Å². The van der Waals surface area contributed by atoms with Crippen molar-refractivity contribution in [3.63, 3.8) is 0 Å². The summed E-state index contributed by atoms with van der Waals surface area (Å²) in [6, 6.07) is 0. The van der Waals surface area contributed by atoms with E-state index in [1.807, 2.05) is 11.3 Å². The number of hydrogen-bond acceptors (Lipinski definition) is 1. The smallest absolute Gasteiger partial charge is 0.0121 e. The summed E-state index contributed by atoms with van der Waals surface area (Å²) in [5, 5.41) is 2.37. The Kier molecular flexibility index (Phi) is 2.78. The van der Waals surface area contributed by atoms with E-state index in [9.17, 15) is 0 Å². The molecule has 0 spiro atoms. The fraction of sp³-hybridized carbons (Fsp3) is 0.538. The van der Waals surface area contributed by atoms with Crippen LogP contribution in [-0.4, -0.2) is 0 Å². The van der Waals surface area contributed by atoms with Crippen molar-refractivity contribution in [2.24, 2.45) is 0 Å². The summed E-state index contributed by atoms with van der Waals surface area (Å²) in [7, 11) is 0. The van der Waals surface area contributed by atoms with Crippen LogP contribution in [0.5, 0.6) is 0 Å². The quantitative estimate of drug-likeness (QED) is 0.686. The average Bonchev–Trinajstić information content (AvgIpc) is 2.74. The predicted molar refractivity (Wildman–Crippen MR) is 64.9 cm³/mol. The summed E-state index contributed by atoms with van der Waals surface area (Å²) in [5.74, 6) is 0. The van der Waals surface area contributed by atoms with E-state index in [0.717, 1.165) is 0 Å². The molecule has 14 heavy (non-hydrogen) atoms. The van der Waals surface area contributed by atoms with Crippen LogP contribution < -0.4 is 0 Å². The summed E-state index contributed by atoms with van der Waals surface area (Å²) in [6.07, 6.45) is 4.86. The SMILES string of the molecule is CCC1=C(CC)c2c(csc2CC)C1. The molecule has 0 saturated heterocycles. The van der Waals surface area contributed by atoms with Gasteiger partial charge in [-0.25, -0.2) is 0 Å². The van der Waals surface area contributed by atoms with E-state index in [4.69, 9.17) is 0 Å². The monoisotopic (exact) mass is 206 g/mol. The summed E-state index contributed by atoms with van der Waals surface area (Å²) in [5.41, 5.74) is 6.55. The van der Waals surface area contributed by atoms with Gasteiger partial charge in [-0.2, -0.15) is 0 Å². The fourth-order valence-electron chi connectivity index (χ4n) is 2.47. The predicted octanol–water partition coefficient (Wildman–Crippen LogP) is 4.44. The van der Waals surface area contributed by atoms with Crippen molar-refractivity contribution >= 4 is 16.9 Å². The standard InChI is InChI=1S/C13H18S/c1-4-9-7-10-8-14-12(6-3)13(10)11(9)5-2/h8H,4-7H2,1-3H3. The molecule has 0 radical (unpaired) electrons. The van der Waals surface area contributed by atoms with E-state index >= 15 is 0 Å². The molecule has 1 aromatic rings. The summed E-state index contributed by atoms with van der Waals surface area (Å²) in [6.45, 7) is 6.84. The molecular weight excluding hydrogens is 188 g/mol. The first-order chi connectivity index (χ1) is 6.81. The van der Waals surface area contributed by atoms with Gasteiger partial charge in [0.25, 0.3) is 0 Å². The molecule has 1 aliphatic rings. The first kappa shape index (κ1) is 9.97. The van der Waals surface area contributed by atoms with Gasteiger partial charge >= 0.3 is 0 Å². The molecule has 0 atom stereocenters. The van der Waals surface area contributed by atoms with Gasteiger partial charge in [-0.15, -0.1) is 11.3 Å². The zero-order valence-corrected chi connectivity index (χ0v) is 10.1. The van der Waals surface area contributed by atoms with Crippen LogP contribution in [0.15, 0.2) is 11.0 Å². The summed E-state index contributed by atoms with van der Waals surface area (Å²) in [4.78, 5) is 1.60. The lowest BCUT2D eigenvalue weighted by molar-refractivity contribution is 1.03. The van der Waals surface area contributed by atoms with Crippen LogP contribution in [0.25, 0.3) is 5.57 Å². The van der Waals surface area contributed by atoms with Crippen LogP contribution in [0.4, 0.5) is 0 Å². The highest BCUT2D eigenvalue weighted by Crippen LogP contribution is 2.41. The minimum atomic E-state index is 1.19. The zero-order valence-electron chi connectivity index (χ0n) is 9.31. The Hall–Kier alpha value is -0.560. The molecule has 0 fully saturated rings. The van der Waals surface area contributed by atoms with Crippen molar-refractivity contribution in [2.75, 3.05) is 0 Å². The third-order valence-electron chi connectivity index (χ3n) is 3.18. The first-order valence-electron chi connectivity index (χ1n) is 5.62. The second kappa shape index (κ2) is 3.90. The molecule has 76 valence electrons. The minimum absolute atomic E-state index is 1.19. The average molecular weight is 206 g/mol. The van der Waals surface area contributed by atoms with E-state index < -0.39 is 0 Å². The molecule has 1 aliphatic carbocycles. The molecule has 0 aromatic carbocycles. The fourth-order valence-corrected chi connectivity index (χ4v) is 3.49. The Morgan fingerprint density at radius 3 is 2.50 bits per heavy atom. The number of allylic oxidation sites excluding steroid dienone is 2. The molecule has 0 N–H and O–H groups in total. The van der Waals surface area contributed by atoms with E-state index in [-0.39, 0.29) is 0 Å². The number of fused-ring (bicyclic) bond motifs is 1. The third-order valence-corrected chi connectivity index (χ3v) is 4.36. The van der Waals surface area contributed by atoms with E-state index in [2.05, 4.69) is 26.2 Å². The molecule has 1 aromatic heterocycles. The van der Waals surface area contributed by atoms with Crippen molar-refractivity contribution in [3.05, 3.63) is 27.0 Å². The Bertz CT molecular complexity index is 369. The lowest BCUT2D eigenvalue weighted by Gasteiger charge is -2.05. The van der Waals surface area contributed by atoms with Gasteiger partial charge in [0.15, 0.2) is 0 Å². The van der Waals surface area contributed by atoms with Gasteiger partial charge < -0.3 is 0 Å². The van der Waals surface area contributed by atoms with Crippen LogP contribution in [0.1, 0.15) is 49.6 Å². The molecule has 0 amide bonds. The zero-order chi connectivity index (χ0) is 10.1. The number of hydrogen-bond donors (Lipinski definition) is 0. The largest absolute Gasteiger partial charge is 0.148 e. The van der Waals surface area contributed by atoms with Gasteiger partial charge in [0.1, 0.15) is 0 Å². The van der Waals surface area contributed by atoms with Crippen LogP contribution in [0, 0.1) is 0 Å². The van der Waals surface area contributed by atoms with E-state index in [0.29, 0.717) is 0 Å². The van der Waals surface area contributed by atoms with Crippen LogP contribution in [0.2, 0.25) is 0 Å². The van der Waals surface area contributed by atoms with Gasteiger partial charge in [0, 0.05) is 4.88 Å². The lowest BCUT2D eigenvalue weighted by atomic mass is 10.0. The highest BCUT2D eigenvalue weighted by Gasteiger charge is 2.22. The molecule has 0 aliphatic heterocycles. The Balaban J connectivity index is 2.49. The maximum atomic E-state index is 2.37. The topological polar surface area (TPSA) is 0 Å². The highest BCUT2D eigenvalue weighted by atomic mass is 32.1. The molecule has 2 rings (SSSR count). The van der Waals surface area contributed by atoms with Crippen molar-refractivity contribution < 1.29 is 0 Å². The second-order valence-electron chi connectivity index (χ2n) is 3.88. The first-order valence-corrected chi connectivity index (χ1v) is 6.50. The van der Waals surface area contributed by atoms with Crippen LogP contribution in [-0.2, 0) is 12.8 Å². The van der Waals surface area contributed by atoms with Crippen molar-refractivity contribution in [1.29, 1.82) is 0 Å². The van der Waals surface area contributed by atoms with Crippen molar-refractivity contribution in [1.82, 2.24) is 0 Å². The van der Waals surface area contributed by atoms with Gasteiger partial charge in [-0.1, -0.05) is 26.3 Å². The summed E-state index contributed by atoms with van der Waals surface area (Å²) < 4.78 is 0. The molecule has 1 heterocycles.